The van der Waals surface area contributed by atoms with Gasteiger partial charge in [0.15, 0.2) is 0 Å². The fourth-order valence-corrected chi connectivity index (χ4v) is 3.87. The van der Waals surface area contributed by atoms with Gasteiger partial charge in [-0.1, -0.05) is 37.8 Å². The molecule has 2 N–H and O–H groups in total. The predicted octanol–water partition coefficient (Wildman–Crippen LogP) is 2.59. The first kappa shape index (κ1) is 21.0. The summed E-state index contributed by atoms with van der Waals surface area (Å²) in [6.07, 6.45) is 5.55. The second-order valence-corrected chi connectivity index (χ2v) is 7.44. The van der Waals surface area contributed by atoms with E-state index in [2.05, 4.69) is 15.4 Å². The van der Waals surface area contributed by atoms with Crippen molar-refractivity contribution in [1.82, 2.24) is 15.5 Å². The Kier molecular flexibility index (Phi) is 6.66. The lowest BCUT2D eigenvalue weighted by molar-refractivity contribution is -0.135. The Labute approximate surface area is 167 Å². The van der Waals surface area contributed by atoms with Crippen molar-refractivity contribution in [3.63, 3.8) is 0 Å². The molecule has 1 heterocycles. The van der Waals surface area contributed by atoms with Crippen molar-refractivity contribution in [1.29, 1.82) is 0 Å². The molecule has 0 aromatic heterocycles. The highest BCUT2D eigenvalue weighted by Crippen LogP contribution is 2.32. The first-order chi connectivity index (χ1) is 13.9. The van der Waals surface area contributed by atoms with E-state index in [9.17, 15) is 23.2 Å². The van der Waals surface area contributed by atoms with Gasteiger partial charge in [0.05, 0.1) is 0 Å². The molecular weight excluding hydrogens is 384 g/mol. The van der Waals surface area contributed by atoms with E-state index in [1.807, 2.05) is 0 Å². The molecule has 4 amide bonds. The maximum Gasteiger partial charge on any atom is 0.387 e. The number of ether oxygens (including phenoxy) is 1. The molecule has 7 nitrogen and oxygen atoms in total. The molecule has 1 saturated carbocycles. The maximum atomic E-state index is 12.8. The summed E-state index contributed by atoms with van der Waals surface area (Å²) in [5.41, 5.74) is -0.0186. The molecule has 0 atom stereocenters. The molecule has 2 fully saturated rings. The highest BCUT2D eigenvalue weighted by Gasteiger charge is 2.51. The summed E-state index contributed by atoms with van der Waals surface area (Å²) in [6, 6.07) is 5.63. The molecule has 1 aliphatic heterocycles. The molecule has 3 rings (SSSR count). The number of hydrogen-bond donors (Lipinski definition) is 2. The van der Waals surface area contributed by atoms with Crippen molar-refractivity contribution in [3.8, 4) is 5.75 Å². The van der Waals surface area contributed by atoms with Crippen LogP contribution in [0.5, 0.6) is 5.75 Å². The zero-order valence-electron chi connectivity index (χ0n) is 16.1. The summed E-state index contributed by atoms with van der Waals surface area (Å²) in [7, 11) is 0. The van der Waals surface area contributed by atoms with Crippen molar-refractivity contribution < 1.29 is 27.9 Å². The standard InChI is InChI=1S/C20H25F2N3O4/c21-18(22)29-15-7-5-14(6-8-15)9-12-23-16(26)13-25-17(27)20(24-19(25)28)10-3-1-2-4-11-20/h5-8,18H,1-4,9-13H2,(H,23,26)(H,24,28). The summed E-state index contributed by atoms with van der Waals surface area (Å²) in [4.78, 5) is 38.2. The SMILES string of the molecule is O=C(CN1C(=O)NC2(CCCCCC2)C1=O)NCCc1ccc(OC(F)F)cc1. The van der Waals surface area contributed by atoms with Crippen LogP contribution in [0.3, 0.4) is 0 Å². The molecule has 0 radical (unpaired) electrons. The lowest BCUT2D eigenvalue weighted by Gasteiger charge is -2.24. The van der Waals surface area contributed by atoms with Gasteiger partial charge in [-0.25, -0.2) is 4.79 Å². The van der Waals surface area contributed by atoms with Crippen LogP contribution in [0.25, 0.3) is 0 Å². The molecule has 1 spiro atoms. The Hall–Kier alpha value is -2.71. The second kappa shape index (κ2) is 9.19. The Morgan fingerprint density at radius 3 is 2.41 bits per heavy atom. The van der Waals surface area contributed by atoms with Crippen LogP contribution in [-0.4, -0.2) is 48.0 Å². The molecule has 1 aromatic carbocycles. The molecule has 2 aliphatic rings. The zero-order valence-corrected chi connectivity index (χ0v) is 16.1. The number of hydrogen-bond acceptors (Lipinski definition) is 4. The molecule has 1 saturated heterocycles. The van der Waals surface area contributed by atoms with Crippen LogP contribution in [0.1, 0.15) is 44.1 Å². The van der Waals surface area contributed by atoms with Gasteiger partial charge in [-0.05, 0) is 37.0 Å². The third-order valence-corrected chi connectivity index (χ3v) is 5.39. The van der Waals surface area contributed by atoms with Crippen molar-refractivity contribution in [2.45, 2.75) is 57.1 Å². The Morgan fingerprint density at radius 2 is 1.79 bits per heavy atom. The number of benzene rings is 1. The van der Waals surface area contributed by atoms with Gasteiger partial charge < -0.3 is 15.4 Å². The van der Waals surface area contributed by atoms with Crippen molar-refractivity contribution in [3.05, 3.63) is 29.8 Å². The zero-order chi connectivity index (χ0) is 20.9. The topological polar surface area (TPSA) is 87.7 Å². The molecule has 1 aromatic rings. The number of amides is 4. The van der Waals surface area contributed by atoms with Crippen LogP contribution in [0.4, 0.5) is 13.6 Å². The predicted molar refractivity (Wildman–Crippen MR) is 100 cm³/mol. The third kappa shape index (κ3) is 5.21. The van der Waals surface area contributed by atoms with E-state index < -0.39 is 24.1 Å². The minimum atomic E-state index is -2.87. The van der Waals surface area contributed by atoms with Crippen molar-refractivity contribution in [2.75, 3.05) is 13.1 Å². The summed E-state index contributed by atoms with van der Waals surface area (Å²) in [5, 5.41) is 5.49. The third-order valence-electron chi connectivity index (χ3n) is 5.39. The number of alkyl halides is 2. The fourth-order valence-electron chi connectivity index (χ4n) is 3.87. The normalized spacial score (nSPS) is 18.7. The van der Waals surface area contributed by atoms with Crippen LogP contribution in [-0.2, 0) is 16.0 Å². The van der Waals surface area contributed by atoms with Crippen LogP contribution in [0, 0.1) is 0 Å². The average Bonchev–Trinajstić information content (AvgIpc) is 2.83. The number of nitrogens with one attached hydrogen (secondary N) is 2. The summed E-state index contributed by atoms with van der Waals surface area (Å²) in [6.45, 7) is -2.89. The minimum Gasteiger partial charge on any atom is -0.435 e. The molecular formula is C20H25F2N3O4. The van der Waals surface area contributed by atoms with Gasteiger partial charge in [0.1, 0.15) is 17.8 Å². The Balaban J connectivity index is 1.47. The number of carbonyl (C=O) groups is 3. The lowest BCUT2D eigenvalue weighted by atomic mass is 9.90. The first-order valence-corrected chi connectivity index (χ1v) is 9.84. The number of urea groups is 1. The van der Waals surface area contributed by atoms with Gasteiger partial charge in [-0.15, -0.1) is 0 Å². The van der Waals surface area contributed by atoms with Crippen LogP contribution < -0.4 is 15.4 Å². The highest BCUT2D eigenvalue weighted by molar-refractivity contribution is 6.09. The highest BCUT2D eigenvalue weighted by atomic mass is 19.3. The van der Waals surface area contributed by atoms with Gasteiger partial charge in [0, 0.05) is 6.54 Å². The Bertz CT molecular complexity index is 747. The van der Waals surface area contributed by atoms with Gasteiger partial charge in [0.2, 0.25) is 5.91 Å². The molecule has 29 heavy (non-hydrogen) atoms. The van der Waals surface area contributed by atoms with Gasteiger partial charge in [-0.2, -0.15) is 8.78 Å². The van der Waals surface area contributed by atoms with Gasteiger partial charge in [0.25, 0.3) is 5.91 Å². The number of rotatable bonds is 7. The van der Waals surface area contributed by atoms with Gasteiger partial charge >= 0.3 is 12.6 Å². The number of imide groups is 1. The number of nitrogens with zero attached hydrogens (tertiary/aromatic N) is 1. The number of carbonyl (C=O) groups excluding carboxylic acids is 3. The summed E-state index contributed by atoms with van der Waals surface area (Å²) in [5.74, 6) is -0.662. The summed E-state index contributed by atoms with van der Waals surface area (Å²) >= 11 is 0. The van der Waals surface area contributed by atoms with Crippen LogP contribution in [0.2, 0.25) is 0 Å². The largest absolute Gasteiger partial charge is 0.435 e. The van der Waals surface area contributed by atoms with Crippen LogP contribution >= 0.6 is 0 Å². The summed E-state index contributed by atoms with van der Waals surface area (Å²) < 4.78 is 28.6. The monoisotopic (exact) mass is 409 g/mol. The first-order valence-electron chi connectivity index (χ1n) is 9.84. The van der Waals surface area contributed by atoms with E-state index in [1.165, 1.54) is 12.1 Å². The number of halogens is 2. The molecule has 0 bridgehead atoms. The van der Waals surface area contributed by atoms with E-state index in [0.717, 1.165) is 36.1 Å². The molecule has 0 unspecified atom stereocenters. The average molecular weight is 409 g/mol. The van der Waals surface area contributed by atoms with Gasteiger partial charge in [-0.3, -0.25) is 14.5 Å². The maximum absolute atomic E-state index is 12.8. The van der Waals surface area contributed by atoms with E-state index >= 15 is 0 Å². The van der Waals surface area contributed by atoms with E-state index in [0.29, 0.717) is 25.8 Å². The smallest absolute Gasteiger partial charge is 0.387 e. The van der Waals surface area contributed by atoms with E-state index in [-0.39, 0.29) is 18.2 Å². The Morgan fingerprint density at radius 1 is 1.14 bits per heavy atom. The van der Waals surface area contributed by atoms with Crippen molar-refractivity contribution >= 4 is 17.8 Å². The lowest BCUT2D eigenvalue weighted by Crippen LogP contribution is -2.47. The van der Waals surface area contributed by atoms with E-state index in [1.54, 1.807) is 12.1 Å². The molecule has 158 valence electrons. The molecule has 9 heteroatoms. The second-order valence-electron chi connectivity index (χ2n) is 7.44. The van der Waals surface area contributed by atoms with Crippen LogP contribution in [0.15, 0.2) is 24.3 Å². The molecule has 1 aliphatic carbocycles. The van der Waals surface area contributed by atoms with E-state index in [4.69, 9.17) is 0 Å². The quantitative estimate of drug-likeness (QED) is 0.678. The fraction of sp³-hybridized carbons (Fsp3) is 0.550. The van der Waals surface area contributed by atoms with Crippen molar-refractivity contribution in [2.24, 2.45) is 0 Å². The minimum absolute atomic E-state index is 0.0683.